The Labute approximate surface area is 140 Å². The van der Waals surface area contributed by atoms with Gasteiger partial charge in [-0.15, -0.1) is 0 Å². The largest absolute Gasteiger partial charge is 0.346 e. The molecule has 2 aliphatic rings. The number of fused-ring (bicyclic) bond motifs is 1. The Kier molecular flexibility index (Phi) is 4.27. The number of hydrogen-bond acceptors (Lipinski definition) is 4. The third-order valence-corrected chi connectivity index (χ3v) is 4.91. The molecule has 1 atom stereocenters. The molecular weight excluding hydrogens is 314 g/mol. The van der Waals surface area contributed by atoms with Gasteiger partial charge in [-0.2, -0.15) is 0 Å². The number of aryl methyl sites for hydroxylation is 1. The summed E-state index contributed by atoms with van der Waals surface area (Å²) >= 11 is 0. The molecule has 3 rings (SSSR count). The van der Waals surface area contributed by atoms with Crippen LogP contribution >= 0.6 is 0 Å². The van der Waals surface area contributed by atoms with Crippen molar-refractivity contribution in [3.8, 4) is 0 Å². The molecule has 0 unspecified atom stereocenters. The van der Waals surface area contributed by atoms with E-state index in [0.29, 0.717) is 35.9 Å². The minimum absolute atomic E-state index is 0.0572. The van der Waals surface area contributed by atoms with Crippen LogP contribution in [0.3, 0.4) is 0 Å². The molecule has 1 fully saturated rings. The highest BCUT2D eigenvalue weighted by atomic mass is 19.3. The molecule has 1 aromatic rings. The van der Waals surface area contributed by atoms with Crippen molar-refractivity contribution in [1.82, 2.24) is 9.97 Å². The zero-order valence-corrected chi connectivity index (χ0v) is 14.1. The normalized spacial score (nSPS) is 24.1. The van der Waals surface area contributed by atoms with Gasteiger partial charge in [0.1, 0.15) is 11.7 Å². The van der Waals surface area contributed by atoms with Gasteiger partial charge in [0.25, 0.3) is 0 Å². The SMILES string of the molecule is Cc1nc(/C=C/C2CCC(F)(F)CC2)nc2c1NC(=O)[C@H](C)N2C. The lowest BCUT2D eigenvalue weighted by Gasteiger charge is -2.32. The van der Waals surface area contributed by atoms with E-state index in [0.717, 1.165) is 0 Å². The Morgan fingerprint density at radius 3 is 2.62 bits per heavy atom. The number of halogens is 2. The number of likely N-dealkylation sites (N-methyl/N-ethyl adjacent to an activating group) is 1. The van der Waals surface area contributed by atoms with E-state index in [1.165, 1.54) is 0 Å². The van der Waals surface area contributed by atoms with Crippen LogP contribution in [0.2, 0.25) is 0 Å². The van der Waals surface area contributed by atoms with Crippen molar-refractivity contribution >= 4 is 23.5 Å². The van der Waals surface area contributed by atoms with Crippen LogP contribution in [0.5, 0.6) is 0 Å². The van der Waals surface area contributed by atoms with Crippen LogP contribution < -0.4 is 10.2 Å². The van der Waals surface area contributed by atoms with Gasteiger partial charge in [0.15, 0.2) is 11.6 Å². The van der Waals surface area contributed by atoms with E-state index in [9.17, 15) is 13.6 Å². The fraction of sp³-hybridized carbons (Fsp3) is 0.588. The molecule has 0 aromatic carbocycles. The molecule has 1 aliphatic carbocycles. The molecule has 1 amide bonds. The summed E-state index contributed by atoms with van der Waals surface area (Å²) in [6.07, 6.45) is 4.59. The number of carbonyl (C=O) groups excluding carboxylic acids is 1. The second-order valence-corrected chi connectivity index (χ2v) is 6.69. The minimum atomic E-state index is -2.51. The van der Waals surface area contributed by atoms with Crippen LogP contribution in [-0.4, -0.2) is 34.9 Å². The molecule has 5 nitrogen and oxygen atoms in total. The van der Waals surface area contributed by atoms with Gasteiger partial charge in [0, 0.05) is 19.9 Å². The molecule has 0 bridgehead atoms. The number of aromatic nitrogens is 2. The van der Waals surface area contributed by atoms with Gasteiger partial charge < -0.3 is 10.2 Å². The van der Waals surface area contributed by atoms with Crippen molar-refractivity contribution in [3.63, 3.8) is 0 Å². The number of carbonyl (C=O) groups is 1. The Morgan fingerprint density at radius 2 is 1.96 bits per heavy atom. The summed E-state index contributed by atoms with van der Waals surface area (Å²) in [5.74, 6) is -1.23. The average molecular weight is 336 g/mol. The molecule has 130 valence electrons. The van der Waals surface area contributed by atoms with Crippen LogP contribution in [0, 0.1) is 12.8 Å². The molecule has 7 heteroatoms. The van der Waals surface area contributed by atoms with Crippen LogP contribution in [0.4, 0.5) is 20.3 Å². The van der Waals surface area contributed by atoms with Gasteiger partial charge in [-0.25, -0.2) is 18.7 Å². The number of nitrogens with one attached hydrogen (secondary N) is 1. The Hall–Kier alpha value is -2.05. The molecule has 24 heavy (non-hydrogen) atoms. The van der Waals surface area contributed by atoms with Crippen molar-refractivity contribution in [3.05, 3.63) is 17.6 Å². The van der Waals surface area contributed by atoms with E-state index in [2.05, 4.69) is 15.3 Å². The maximum atomic E-state index is 13.2. The number of amides is 1. The zero-order valence-electron chi connectivity index (χ0n) is 14.1. The summed E-state index contributed by atoms with van der Waals surface area (Å²) in [5.41, 5.74) is 1.33. The first kappa shape index (κ1) is 16.8. The molecular formula is C17H22F2N4O. The summed E-state index contributed by atoms with van der Waals surface area (Å²) in [5, 5.41) is 2.84. The third-order valence-electron chi connectivity index (χ3n) is 4.91. The molecule has 1 saturated carbocycles. The average Bonchev–Trinajstić information content (AvgIpc) is 2.53. The Morgan fingerprint density at radius 1 is 1.29 bits per heavy atom. The first-order valence-electron chi connectivity index (χ1n) is 8.25. The summed E-state index contributed by atoms with van der Waals surface area (Å²) in [6, 6.07) is -0.302. The van der Waals surface area contributed by atoms with Crippen LogP contribution in [-0.2, 0) is 4.79 Å². The number of allylic oxidation sites excluding steroid dienone is 1. The molecule has 0 radical (unpaired) electrons. The van der Waals surface area contributed by atoms with E-state index in [-0.39, 0.29) is 30.7 Å². The van der Waals surface area contributed by atoms with Crippen molar-refractivity contribution < 1.29 is 13.6 Å². The molecule has 1 aliphatic heterocycles. The standard InChI is InChI=1S/C17H22F2N4O/c1-10-14-15(23(3)11(2)16(24)22-14)21-13(20-10)5-4-12-6-8-17(18,19)9-7-12/h4-5,11-12H,6-9H2,1-3H3,(H,22,24)/b5-4+/t11-/m0/s1. The summed E-state index contributed by atoms with van der Waals surface area (Å²) in [6.45, 7) is 3.64. The lowest BCUT2D eigenvalue weighted by atomic mass is 9.86. The first-order valence-corrected chi connectivity index (χ1v) is 8.25. The Balaban J connectivity index is 1.80. The maximum absolute atomic E-state index is 13.2. The highest BCUT2D eigenvalue weighted by Gasteiger charge is 2.34. The summed E-state index contributed by atoms with van der Waals surface area (Å²) in [4.78, 5) is 22.7. The molecule has 0 saturated heterocycles. The highest BCUT2D eigenvalue weighted by molar-refractivity contribution is 6.03. The highest BCUT2D eigenvalue weighted by Crippen LogP contribution is 2.37. The topological polar surface area (TPSA) is 58.1 Å². The Bertz CT molecular complexity index is 679. The second-order valence-electron chi connectivity index (χ2n) is 6.69. The maximum Gasteiger partial charge on any atom is 0.248 e. The number of alkyl halides is 2. The van der Waals surface area contributed by atoms with E-state index < -0.39 is 5.92 Å². The van der Waals surface area contributed by atoms with Gasteiger partial charge >= 0.3 is 0 Å². The molecule has 0 spiro atoms. The first-order chi connectivity index (χ1) is 11.3. The van der Waals surface area contributed by atoms with E-state index in [4.69, 9.17) is 0 Å². The smallest absolute Gasteiger partial charge is 0.248 e. The van der Waals surface area contributed by atoms with E-state index >= 15 is 0 Å². The quantitative estimate of drug-likeness (QED) is 0.899. The van der Waals surface area contributed by atoms with Crippen molar-refractivity contribution in [2.75, 3.05) is 17.3 Å². The fourth-order valence-corrected chi connectivity index (χ4v) is 3.12. The van der Waals surface area contributed by atoms with E-state index in [1.807, 2.05) is 31.9 Å². The number of nitrogens with zero attached hydrogens (tertiary/aromatic N) is 3. The molecule has 1 N–H and O–H groups in total. The van der Waals surface area contributed by atoms with Crippen molar-refractivity contribution in [2.24, 2.45) is 5.92 Å². The predicted molar refractivity (Wildman–Crippen MR) is 89.2 cm³/mol. The van der Waals surface area contributed by atoms with Gasteiger partial charge in [0.2, 0.25) is 11.8 Å². The van der Waals surface area contributed by atoms with Gasteiger partial charge in [-0.05, 0) is 38.7 Å². The van der Waals surface area contributed by atoms with Gasteiger partial charge in [-0.1, -0.05) is 6.08 Å². The predicted octanol–water partition coefficient (Wildman–Crippen LogP) is 3.40. The van der Waals surface area contributed by atoms with Crippen molar-refractivity contribution in [1.29, 1.82) is 0 Å². The third kappa shape index (κ3) is 3.25. The fourth-order valence-electron chi connectivity index (χ4n) is 3.12. The second kappa shape index (κ2) is 6.11. The number of hydrogen-bond donors (Lipinski definition) is 1. The molecule has 2 heterocycles. The van der Waals surface area contributed by atoms with Gasteiger partial charge in [-0.3, -0.25) is 4.79 Å². The lowest BCUT2D eigenvalue weighted by Crippen LogP contribution is -2.44. The number of anilines is 2. The summed E-state index contributed by atoms with van der Waals surface area (Å²) < 4.78 is 26.4. The van der Waals surface area contributed by atoms with Crippen molar-refractivity contribution in [2.45, 2.75) is 51.5 Å². The van der Waals surface area contributed by atoms with Gasteiger partial charge in [0.05, 0.1) is 5.69 Å². The molecule has 1 aromatic heterocycles. The van der Waals surface area contributed by atoms with Crippen LogP contribution in [0.25, 0.3) is 6.08 Å². The summed E-state index contributed by atoms with van der Waals surface area (Å²) in [7, 11) is 1.82. The van der Waals surface area contributed by atoms with E-state index in [1.54, 1.807) is 6.08 Å². The van der Waals surface area contributed by atoms with Crippen LogP contribution in [0.1, 0.15) is 44.1 Å². The lowest BCUT2D eigenvalue weighted by molar-refractivity contribution is -0.117. The zero-order chi connectivity index (χ0) is 17.5. The number of rotatable bonds is 2. The monoisotopic (exact) mass is 336 g/mol. The minimum Gasteiger partial charge on any atom is -0.346 e. The van der Waals surface area contributed by atoms with Crippen LogP contribution in [0.15, 0.2) is 6.08 Å².